The zero-order valence-electron chi connectivity index (χ0n) is 13.1. The lowest BCUT2D eigenvalue weighted by Gasteiger charge is -2.32. The fraction of sp³-hybridized carbons (Fsp3) is 0.471. The highest BCUT2D eigenvalue weighted by molar-refractivity contribution is 7.14. The summed E-state index contributed by atoms with van der Waals surface area (Å²) in [5, 5.41) is 5.27. The van der Waals surface area contributed by atoms with Crippen molar-refractivity contribution in [3.05, 3.63) is 43.8 Å². The normalized spacial score (nSPS) is 16.3. The summed E-state index contributed by atoms with van der Waals surface area (Å²) < 4.78 is 0. The Bertz CT molecular complexity index is 647. The fourth-order valence-corrected chi connectivity index (χ4v) is 4.55. The Morgan fingerprint density at radius 1 is 1.41 bits per heavy atom. The highest BCUT2D eigenvalue weighted by atomic mass is 32.1. The van der Waals surface area contributed by atoms with E-state index < -0.39 is 0 Å². The molecule has 1 aliphatic heterocycles. The van der Waals surface area contributed by atoms with Gasteiger partial charge in [-0.3, -0.25) is 9.69 Å². The monoisotopic (exact) mass is 334 g/mol. The second-order valence-corrected chi connectivity index (χ2v) is 7.94. The first-order valence-corrected chi connectivity index (χ1v) is 9.53. The smallest absolute Gasteiger partial charge is 0.261 e. The van der Waals surface area contributed by atoms with Gasteiger partial charge in [-0.15, -0.1) is 22.7 Å². The van der Waals surface area contributed by atoms with Crippen LogP contribution in [0.3, 0.4) is 0 Å². The molecule has 0 saturated heterocycles. The van der Waals surface area contributed by atoms with E-state index in [1.807, 2.05) is 23.5 Å². The molecule has 22 heavy (non-hydrogen) atoms. The van der Waals surface area contributed by atoms with Crippen LogP contribution in [0.2, 0.25) is 0 Å². The summed E-state index contributed by atoms with van der Waals surface area (Å²) >= 11 is 3.46. The van der Waals surface area contributed by atoms with E-state index in [-0.39, 0.29) is 5.91 Å². The number of nitrogens with one attached hydrogen (secondary N) is 1. The Hall–Kier alpha value is -1.17. The standard InChI is InChI=1S/C17H22N2OS2/c1-3-14-4-5-16(22-14)17(20)18-10-12(2)19-8-6-15-13(11-19)7-9-21-15/h4-5,7,9,12H,3,6,8,10-11H2,1-2H3,(H,18,20)/t12-/m0/s1. The van der Waals surface area contributed by atoms with Gasteiger partial charge in [0, 0.05) is 35.4 Å². The molecule has 1 aliphatic rings. The zero-order valence-corrected chi connectivity index (χ0v) is 14.7. The van der Waals surface area contributed by atoms with Gasteiger partial charge in [0.05, 0.1) is 4.88 Å². The Labute approximate surface area is 140 Å². The van der Waals surface area contributed by atoms with Crippen LogP contribution >= 0.6 is 22.7 Å². The Balaban J connectivity index is 1.52. The maximum absolute atomic E-state index is 12.2. The molecule has 0 aliphatic carbocycles. The van der Waals surface area contributed by atoms with Crippen molar-refractivity contribution in [3.8, 4) is 0 Å². The van der Waals surface area contributed by atoms with Crippen LogP contribution < -0.4 is 5.32 Å². The summed E-state index contributed by atoms with van der Waals surface area (Å²) in [6.07, 6.45) is 2.13. The number of carbonyl (C=O) groups is 1. The third-order valence-corrected chi connectivity index (χ3v) is 6.50. The number of thiophene rings is 2. The molecule has 2 aromatic rings. The van der Waals surface area contributed by atoms with Gasteiger partial charge in [0.1, 0.15) is 0 Å². The van der Waals surface area contributed by atoms with Gasteiger partial charge in [-0.2, -0.15) is 0 Å². The first kappa shape index (κ1) is 15.7. The van der Waals surface area contributed by atoms with Gasteiger partial charge in [-0.1, -0.05) is 6.92 Å². The largest absolute Gasteiger partial charge is 0.350 e. The molecule has 1 amide bonds. The molecule has 0 aromatic carbocycles. The molecule has 3 rings (SSSR count). The van der Waals surface area contributed by atoms with Crippen LogP contribution in [-0.2, 0) is 19.4 Å². The van der Waals surface area contributed by atoms with Crippen LogP contribution in [0.15, 0.2) is 23.6 Å². The Morgan fingerprint density at radius 3 is 3.05 bits per heavy atom. The summed E-state index contributed by atoms with van der Waals surface area (Å²) in [5.74, 6) is 0.0600. The predicted molar refractivity (Wildman–Crippen MR) is 93.9 cm³/mol. The van der Waals surface area contributed by atoms with Crippen LogP contribution in [-0.4, -0.2) is 29.9 Å². The topological polar surface area (TPSA) is 32.3 Å². The Kier molecular flexibility index (Phi) is 4.96. The van der Waals surface area contributed by atoms with Gasteiger partial charge >= 0.3 is 0 Å². The average Bonchev–Trinajstić information content (AvgIpc) is 3.19. The van der Waals surface area contributed by atoms with E-state index in [0.29, 0.717) is 12.6 Å². The molecule has 3 heterocycles. The second kappa shape index (κ2) is 6.94. The van der Waals surface area contributed by atoms with Gasteiger partial charge in [-0.05, 0) is 48.9 Å². The minimum atomic E-state index is 0.0600. The van der Waals surface area contributed by atoms with Gasteiger partial charge in [0.2, 0.25) is 0 Å². The lowest BCUT2D eigenvalue weighted by molar-refractivity contribution is 0.0937. The average molecular weight is 335 g/mol. The van der Waals surface area contributed by atoms with Crippen LogP contribution in [0, 0.1) is 0 Å². The third-order valence-electron chi connectivity index (χ3n) is 4.25. The maximum atomic E-state index is 12.2. The van der Waals surface area contributed by atoms with E-state index >= 15 is 0 Å². The van der Waals surface area contributed by atoms with Crippen molar-refractivity contribution in [2.75, 3.05) is 13.1 Å². The van der Waals surface area contributed by atoms with Crippen molar-refractivity contribution in [1.29, 1.82) is 0 Å². The van der Waals surface area contributed by atoms with E-state index in [1.54, 1.807) is 11.3 Å². The van der Waals surface area contributed by atoms with Crippen molar-refractivity contribution in [2.45, 2.75) is 39.3 Å². The molecule has 1 atom stereocenters. The quantitative estimate of drug-likeness (QED) is 0.907. The molecular weight excluding hydrogens is 312 g/mol. The zero-order chi connectivity index (χ0) is 15.5. The lowest BCUT2D eigenvalue weighted by atomic mass is 10.1. The van der Waals surface area contributed by atoms with Crippen LogP contribution in [0.25, 0.3) is 0 Å². The highest BCUT2D eigenvalue weighted by Crippen LogP contribution is 2.25. The number of hydrogen-bond donors (Lipinski definition) is 1. The van der Waals surface area contributed by atoms with E-state index in [1.165, 1.54) is 15.3 Å². The summed E-state index contributed by atoms with van der Waals surface area (Å²) in [5.41, 5.74) is 1.46. The molecule has 3 nitrogen and oxygen atoms in total. The molecular formula is C17H22N2OS2. The number of hydrogen-bond acceptors (Lipinski definition) is 4. The molecule has 0 radical (unpaired) electrons. The van der Waals surface area contributed by atoms with E-state index in [4.69, 9.17) is 0 Å². The molecule has 0 spiro atoms. The van der Waals surface area contributed by atoms with Crippen LogP contribution in [0.5, 0.6) is 0 Å². The molecule has 118 valence electrons. The second-order valence-electron chi connectivity index (χ2n) is 5.77. The lowest BCUT2D eigenvalue weighted by Crippen LogP contribution is -2.44. The summed E-state index contributed by atoms with van der Waals surface area (Å²) in [6.45, 7) is 7.12. The molecule has 0 unspecified atom stereocenters. The Morgan fingerprint density at radius 2 is 2.27 bits per heavy atom. The van der Waals surface area contributed by atoms with Gasteiger partial charge < -0.3 is 5.32 Å². The van der Waals surface area contributed by atoms with Gasteiger partial charge in [0.25, 0.3) is 5.91 Å². The third kappa shape index (κ3) is 3.42. The molecule has 5 heteroatoms. The molecule has 0 saturated carbocycles. The highest BCUT2D eigenvalue weighted by Gasteiger charge is 2.22. The van der Waals surface area contributed by atoms with E-state index in [0.717, 1.165) is 30.8 Å². The first-order chi connectivity index (χ1) is 10.7. The first-order valence-electron chi connectivity index (χ1n) is 7.83. The summed E-state index contributed by atoms with van der Waals surface area (Å²) in [4.78, 5) is 18.3. The maximum Gasteiger partial charge on any atom is 0.261 e. The van der Waals surface area contributed by atoms with Gasteiger partial charge in [0.15, 0.2) is 0 Å². The minimum absolute atomic E-state index is 0.0600. The summed E-state index contributed by atoms with van der Waals surface area (Å²) in [6, 6.07) is 6.57. The molecule has 0 bridgehead atoms. The minimum Gasteiger partial charge on any atom is -0.350 e. The van der Waals surface area contributed by atoms with Gasteiger partial charge in [-0.25, -0.2) is 0 Å². The number of nitrogens with zero attached hydrogens (tertiary/aromatic N) is 1. The predicted octanol–water partition coefficient (Wildman–Crippen LogP) is 3.55. The van der Waals surface area contributed by atoms with E-state index in [2.05, 4.69) is 35.5 Å². The fourth-order valence-electron chi connectivity index (χ4n) is 2.79. The van der Waals surface area contributed by atoms with Crippen molar-refractivity contribution in [1.82, 2.24) is 10.2 Å². The van der Waals surface area contributed by atoms with Crippen molar-refractivity contribution >= 4 is 28.6 Å². The SMILES string of the molecule is CCc1ccc(C(=O)NC[C@H](C)N2CCc3sccc3C2)s1. The molecule has 0 fully saturated rings. The number of rotatable bonds is 5. The van der Waals surface area contributed by atoms with Crippen molar-refractivity contribution < 1.29 is 4.79 Å². The summed E-state index contributed by atoms with van der Waals surface area (Å²) in [7, 11) is 0. The molecule has 1 N–H and O–H groups in total. The number of aryl methyl sites for hydroxylation is 1. The van der Waals surface area contributed by atoms with Crippen molar-refractivity contribution in [3.63, 3.8) is 0 Å². The van der Waals surface area contributed by atoms with Crippen LogP contribution in [0.1, 0.15) is 38.8 Å². The van der Waals surface area contributed by atoms with E-state index in [9.17, 15) is 4.79 Å². The number of fused-ring (bicyclic) bond motifs is 1. The number of carbonyl (C=O) groups excluding carboxylic acids is 1. The molecule has 2 aromatic heterocycles. The number of amides is 1. The van der Waals surface area contributed by atoms with Crippen molar-refractivity contribution in [2.24, 2.45) is 0 Å². The van der Waals surface area contributed by atoms with Crippen LogP contribution in [0.4, 0.5) is 0 Å².